The van der Waals surface area contributed by atoms with Crippen LogP contribution in [-0.2, 0) is 32.6 Å². The Labute approximate surface area is 246 Å². The zero-order chi connectivity index (χ0) is 30.1. The Balaban J connectivity index is 1.50. The Morgan fingerprint density at radius 1 is 1.17 bits per heavy atom. The maximum Gasteiger partial charge on any atom is 0.417 e. The SMILES string of the molecule is CC(C)Cc1cnn2c3c(c(=O)n(-c4ccc5c(c4)nnn5C)c12)C[C@@H](C)N(C(=O)c1ccc(Br)c(C(F)(F)F)c1)C3. The predicted octanol–water partition coefficient (Wildman–Crippen LogP) is 5.33. The molecule has 1 atom stereocenters. The minimum absolute atomic E-state index is 0.0192. The first-order valence-electron chi connectivity index (χ1n) is 13.5. The van der Waals surface area contributed by atoms with Crippen LogP contribution in [0.4, 0.5) is 13.2 Å². The van der Waals surface area contributed by atoms with Gasteiger partial charge in [-0.2, -0.15) is 18.3 Å². The van der Waals surface area contributed by atoms with Gasteiger partial charge in [0.05, 0.1) is 35.2 Å². The van der Waals surface area contributed by atoms with E-state index in [9.17, 15) is 22.8 Å². The van der Waals surface area contributed by atoms with Crippen LogP contribution in [0.5, 0.6) is 0 Å². The molecule has 2 aromatic carbocycles. The van der Waals surface area contributed by atoms with E-state index in [-0.39, 0.29) is 34.5 Å². The third-order valence-corrected chi connectivity index (χ3v) is 8.40. The van der Waals surface area contributed by atoms with Crippen LogP contribution < -0.4 is 5.56 Å². The quantitative estimate of drug-likeness (QED) is 0.264. The van der Waals surface area contributed by atoms with Crippen LogP contribution in [0.2, 0.25) is 0 Å². The smallest absolute Gasteiger partial charge is 0.330 e. The van der Waals surface area contributed by atoms with Gasteiger partial charge in [-0.3, -0.25) is 14.2 Å². The number of hydrogen-bond acceptors (Lipinski definition) is 5. The van der Waals surface area contributed by atoms with Crippen molar-refractivity contribution in [1.29, 1.82) is 0 Å². The van der Waals surface area contributed by atoms with Crippen molar-refractivity contribution in [2.75, 3.05) is 0 Å². The largest absolute Gasteiger partial charge is 0.417 e. The summed E-state index contributed by atoms with van der Waals surface area (Å²) in [5, 5.41) is 12.9. The number of aromatic nitrogens is 6. The van der Waals surface area contributed by atoms with Crippen LogP contribution in [0.1, 0.15) is 53.5 Å². The van der Waals surface area contributed by atoms with E-state index in [1.807, 2.05) is 18.2 Å². The molecule has 0 aliphatic carbocycles. The van der Waals surface area contributed by atoms with Crippen molar-refractivity contribution in [3.63, 3.8) is 0 Å². The molecule has 218 valence electrons. The summed E-state index contributed by atoms with van der Waals surface area (Å²) in [6.45, 7) is 5.96. The molecule has 4 heterocycles. The summed E-state index contributed by atoms with van der Waals surface area (Å²) < 4.78 is 45.6. The van der Waals surface area contributed by atoms with Gasteiger partial charge in [-0.1, -0.05) is 35.0 Å². The highest BCUT2D eigenvalue weighted by atomic mass is 79.9. The lowest BCUT2D eigenvalue weighted by Gasteiger charge is -2.35. The number of nitrogens with zero attached hydrogens (tertiary/aromatic N) is 7. The van der Waals surface area contributed by atoms with Crippen LogP contribution in [0, 0.1) is 5.92 Å². The zero-order valence-corrected chi connectivity index (χ0v) is 24.9. The number of rotatable bonds is 4. The summed E-state index contributed by atoms with van der Waals surface area (Å²) >= 11 is 2.94. The molecule has 0 unspecified atom stereocenters. The van der Waals surface area contributed by atoms with E-state index in [4.69, 9.17) is 0 Å². The van der Waals surface area contributed by atoms with Gasteiger partial charge in [-0.15, -0.1) is 5.10 Å². The minimum Gasteiger partial charge on any atom is -0.330 e. The molecule has 0 fully saturated rings. The molecule has 0 N–H and O–H groups in total. The lowest BCUT2D eigenvalue weighted by molar-refractivity contribution is -0.138. The summed E-state index contributed by atoms with van der Waals surface area (Å²) in [6, 6.07) is 8.54. The Morgan fingerprint density at radius 2 is 1.93 bits per heavy atom. The second kappa shape index (κ2) is 10.1. The van der Waals surface area contributed by atoms with E-state index >= 15 is 0 Å². The average molecular weight is 642 g/mol. The third-order valence-electron chi connectivity index (χ3n) is 7.71. The van der Waals surface area contributed by atoms with E-state index in [0.717, 1.165) is 17.1 Å². The fraction of sp³-hybridized carbons (Fsp3) is 0.345. The Hall–Kier alpha value is -4.00. The number of amides is 1. The van der Waals surface area contributed by atoms with Gasteiger partial charge in [0.1, 0.15) is 11.2 Å². The molecule has 1 aliphatic rings. The average Bonchev–Trinajstić information content (AvgIpc) is 3.50. The highest BCUT2D eigenvalue weighted by Crippen LogP contribution is 2.36. The number of carbonyl (C=O) groups excluding carboxylic acids is 1. The molecule has 13 heteroatoms. The van der Waals surface area contributed by atoms with Crippen molar-refractivity contribution in [3.05, 3.63) is 85.4 Å². The molecule has 9 nitrogen and oxygen atoms in total. The van der Waals surface area contributed by atoms with Crippen molar-refractivity contribution in [2.24, 2.45) is 13.0 Å². The van der Waals surface area contributed by atoms with E-state index < -0.39 is 23.7 Å². The highest BCUT2D eigenvalue weighted by molar-refractivity contribution is 9.10. The summed E-state index contributed by atoms with van der Waals surface area (Å²) in [5.74, 6) is -0.274. The fourth-order valence-electron chi connectivity index (χ4n) is 5.69. The summed E-state index contributed by atoms with van der Waals surface area (Å²) in [4.78, 5) is 29.4. The van der Waals surface area contributed by atoms with E-state index in [1.165, 1.54) is 17.0 Å². The molecule has 0 spiro atoms. The van der Waals surface area contributed by atoms with Crippen molar-refractivity contribution in [1.82, 2.24) is 34.1 Å². The van der Waals surface area contributed by atoms with E-state index in [2.05, 4.69) is 45.2 Å². The van der Waals surface area contributed by atoms with Crippen molar-refractivity contribution in [3.8, 4) is 5.69 Å². The first-order valence-corrected chi connectivity index (χ1v) is 14.2. The van der Waals surface area contributed by atoms with Crippen LogP contribution in [0.15, 0.2) is 51.9 Å². The lowest BCUT2D eigenvalue weighted by atomic mass is 9.97. The number of halogens is 4. The van der Waals surface area contributed by atoms with Crippen LogP contribution >= 0.6 is 15.9 Å². The number of fused-ring (bicyclic) bond motifs is 4. The zero-order valence-electron chi connectivity index (χ0n) is 23.3. The van der Waals surface area contributed by atoms with Crippen LogP contribution in [0.3, 0.4) is 0 Å². The van der Waals surface area contributed by atoms with Gasteiger partial charge in [0.15, 0.2) is 0 Å². The molecular weight excluding hydrogens is 615 g/mol. The standard InChI is InChI=1S/C29H27BrF3N7O2/c1-15(2)9-18-13-34-40-25-14-38(27(41)17-5-7-22(30)21(11-17)29(31,32)33)16(3)10-20(25)28(42)39(26(18)40)19-6-8-24-23(12-19)35-36-37(24)4/h5-8,11-13,15-16H,9-10,14H2,1-4H3/t16-/m1/s1. The van der Waals surface area contributed by atoms with Crippen molar-refractivity contribution >= 4 is 38.5 Å². The maximum atomic E-state index is 14.2. The van der Waals surface area contributed by atoms with Gasteiger partial charge in [-0.05, 0) is 62.1 Å². The van der Waals surface area contributed by atoms with Gasteiger partial charge in [-0.25, -0.2) is 9.20 Å². The molecule has 5 aromatic rings. The second-order valence-corrected chi connectivity index (χ2v) is 12.0. The normalized spacial score (nSPS) is 15.6. The van der Waals surface area contributed by atoms with Gasteiger partial charge >= 0.3 is 6.18 Å². The van der Waals surface area contributed by atoms with Gasteiger partial charge in [0, 0.05) is 34.3 Å². The number of hydrogen-bond donors (Lipinski definition) is 0. The summed E-state index contributed by atoms with van der Waals surface area (Å²) in [5.41, 5.74) is 3.34. The predicted molar refractivity (Wildman–Crippen MR) is 154 cm³/mol. The number of benzene rings is 2. The molecule has 0 saturated heterocycles. The minimum atomic E-state index is -4.62. The topological polar surface area (TPSA) is 90.3 Å². The van der Waals surface area contributed by atoms with Crippen LogP contribution in [-0.4, -0.2) is 46.0 Å². The van der Waals surface area contributed by atoms with Crippen molar-refractivity contribution in [2.45, 2.75) is 52.4 Å². The molecule has 42 heavy (non-hydrogen) atoms. The first-order chi connectivity index (χ1) is 19.8. The van der Waals surface area contributed by atoms with Crippen molar-refractivity contribution < 1.29 is 18.0 Å². The Kier molecular flexibility index (Phi) is 6.75. The molecule has 6 rings (SSSR count). The molecule has 3 aromatic heterocycles. The fourth-order valence-corrected chi connectivity index (χ4v) is 6.16. The highest BCUT2D eigenvalue weighted by Gasteiger charge is 2.36. The first kappa shape index (κ1) is 28.1. The maximum absolute atomic E-state index is 14.2. The molecule has 0 radical (unpaired) electrons. The van der Waals surface area contributed by atoms with Gasteiger partial charge in [0.2, 0.25) is 0 Å². The number of alkyl halides is 3. The summed E-state index contributed by atoms with van der Waals surface area (Å²) in [6.07, 6.45) is -2.01. The third kappa shape index (κ3) is 4.59. The second-order valence-electron chi connectivity index (χ2n) is 11.1. The number of aryl methyl sites for hydroxylation is 1. The van der Waals surface area contributed by atoms with Gasteiger partial charge in [0.25, 0.3) is 11.5 Å². The molecule has 1 amide bonds. The monoisotopic (exact) mass is 641 g/mol. The Bertz CT molecular complexity index is 1940. The van der Waals surface area contributed by atoms with Crippen LogP contribution in [0.25, 0.3) is 22.4 Å². The molecular formula is C29H27BrF3N7O2. The Morgan fingerprint density at radius 3 is 2.64 bits per heavy atom. The lowest BCUT2D eigenvalue weighted by Crippen LogP contribution is -2.46. The molecule has 1 aliphatic heterocycles. The summed E-state index contributed by atoms with van der Waals surface area (Å²) in [7, 11) is 1.79. The van der Waals surface area contributed by atoms with Gasteiger partial charge < -0.3 is 4.90 Å². The number of carbonyl (C=O) groups is 1. The van der Waals surface area contributed by atoms with E-state index in [0.29, 0.717) is 34.5 Å². The molecule has 0 saturated carbocycles. The molecule has 0 bridgehead atoms. The van der Waals surface area contributed by atoms with E-state index in [1.54, 1.807) is 33.9 Å².